The van der Waals surface area contributed by atoms with Gasteiger partial charge in [-0.05, 0) is 30.7 Å². The van der Waals surface area contributed by atoms with Crippen molar-refractivity contribution in [3.05, 3.63) is 24.3 Å². The van der Waals surface area contributed by atoms with E-state index in [0.717, 1.165) is 18.6 Å². The summed E-state index contributed by atoms with van der Waals surface area (Å²) in [6, 6.07) is 7.21. The van der Waals surface area contributed by atoms with Crippen LogP contribution in [0.25, 0.3) is 0 Å². The molecule has 18 heavy (non-hydrogen) atoms. The minimum Gasteiger partial charge on any atom is -0.492 e. The molecule has 1 atom stereocenters. The van der Waals surface area contributed by atoms with Crippen LogP contribution in [-0.4, -0.2) is 19.1 Å². The number of benzene rings is 1. The number of hydrogen-bond donors (Lipinski definition) is 2. The molecule has 0 saturated carbocycles. The Balaban J connectivity index is 2.18. The summed E-state index contributed by atoms with van der Waals surface area (Å²) >= 11 is 0. The maximum atomic E-state index is 11.6. The smallest absolute Gasteiger partial charge is 0.222 e. The van der Waals surface area contributed by atoms with Crippen LogP contribution in [0.15, 0.2) is 24.3 Å². The Morgan fingerprint density at radius 2 is 2.06 bits per heavy atom. The van der Waals surface area contributed by atoms with Gasteiger partial charge < -0.3 is 15.8 Å². The maximum absolute atomic E-state index is 11.6. The summed E-state index contributed by atoms with van der Waals surface area (Å²) in [5.74, 6) is 0.935. The van der Waals surface area contributed by atoms with Gasteiger partial charge in [0.2, 0.25) is 5.91 Å². The molecule has 0 aliphatic rings. The fraction of sp³-hybridized carbons (Fsp3) is 0.500. The van der Waals surface area contributed by atoms with Gasteiger partial charge in [-0.3, -0.25) is 4.79 Å². The van der Waals surface area contributed by atoms with Crippen molar-refractivity contribution in [3.8, 4) is 5.75 Å². The van der Waals surface area contributed by atoms with Gasteiger partial charge in [0.05, 0.1) is 6.54 Å². The maximum Gasteiger partial charge on any atom is 0.222 e. The summed E-state index contributed by atoms with van der Waals surface area (Å²) in [5.41, 5.74) is 6.28. The van der Waals surface area contributed by atoms with Gasteiger partial charge in [0.1, 0.15) is 12.4 Å². The van der Waals surface area contributed by atoms with E-state index in [1.807, 2.05) is 19.1 Å². The van der Waals surface area contributed by atoms with Crippen molar-refractivity contribution in [1.82, 2.24) is 5.32 Å². The number of anilines is 1. The van der Waals surface area contributed by atoms with Crippen LogP contribution >= 0.6 is 0 Å². The molecule has 0 aliphatic heterocycles. The normalized spacial score (nSPS) is 11.9. The van der Waals surface area contributed by atoms with Crippen LogP contribution in [0, 0.1) is 5.92 Å². The summed E-state index contributed by atoms with van der Waals surface area (Å²) in [7, 11) is 0. The molecule has 0 aromatic heterocycles. The van der Waals surface area contributed by atoms with Crippen molar-refractivity contribution < 1.29 is 9.53 Å². The summed E-state index contributed by atoms with van der Waals surface area (Å²) in [6.07, 6.45) is 1.95. The Hall–Kier alpha value is -1.71. The highest BCUT2D eigenvalue weighted by molar-refractivity contribution is 5.78. The van der Waals surface area contributed by atoms with Gasteiger partial charge in [0.15, 0.2) is 0 Å². The molecular formula is C14H22N2O2. The molecule has 1 aromatic carbocycles. The molecule has 0 bridgehead atoms. The van der Waals surface area contributed by atoms with Crippen molar-refractivity contribution >= 4 is 11.6 Å². The summed E-state index contributed by atoms with van der Waals surface area (Å²) in [4.78, 5) is 11.6. The molecule has 4 heteroatoms. The van der Waals surface area contributed by atoms with Gasteiger partial charge in [0.25, 0.3) is 0 Å². The number of ether oxygens (including phenoxy) is 1. The monoisotopic (exact) mass is 250 g/mol. The number of hydrogen-bond acceptors (Lipinski definition) is 3. The highest BCUT2D eigenvalue weighted by Crippen LogP contribution is 2.12. The second-order valence-corrected chi connectivity index (χ2v) is 4.40. The first-order valence-electron chi connectivity index (χ1n) is 6.39. The molecule has 1 unspecified atom stereocenters. The lowest BCUT2D eigenvalue weighted by Crippen LogP contribution is -2.32. The minimum atomic E-state index is 0.0755. The summed E-state index contributed by atoms with van der Waals surface area (Å²) in [5, 5.41) is 2.86. The fourth-order valence-electron chi connectivity index (χ4n) is 1.65. The van der Waals surface area contributed by atoms with Gasteiger partial charge in [-0.15, -0.1) is 0 Å². The van der Waals surface area contributed by atoms with Crippen molar-refractivity contribution in [3.63, 3.8) is 0 Å². The number of nitrogens with one attached hydrogen (secondary N) is 1. The molecule has 0 fully saturated rings. The van der Waals surface area contributed by atoms with E-state index in [2.05, 4.69) is 12.2 Å². The second-order valence-electron chi connectivity index (χ2n) is 4.40. The topological polar surface area (TPSA) is 64.3 Å². The van der Waals surface area contributed by atoms with Crippen molar-refractivity contribution in [2.24, 2.45) is 5.92 Å². The second kappa shape index (κ2) is 7.58. The van der Waals surface area contributed by atoms with Gasteiger partial charge in [0, 0.05) is 11.6 Å². The van der Waals surface area contributed by atoms with E-state index in [0.29, 0.717) is 18.8 Å². The van der Waals surface area contributed by atoms with Crippen LogP contribution in [0.5, 0.6) is 5.75 Å². The van der Waals surface area contributed by atoms with E-state index >= 15 is 0 Å². The molecule has 1 aromatic rings. The average Bonchev–Trinajstić information content (AvgIpc) is 2.36. The van der Waals surface area contributed by atoms with E-state index < -0.39 is 0 Å². The van der Waals surface area contributed by atoms with Gasteiger partial charge in [-0.25, -0.2) is 0 Å². The SMILES string of the molecule is CCCC(C)C(=O)NCCOc1ccc(N)cc1. The Bertz CT molecular complexity index is 363. The van der Waals surface area contributed by atoms with Crippen molar-refractivity contribution in [2.45, 2.75) is 26.7 Å². The number of carbonyl (C=O) groups excluding carboxylic acids is 1. The highest BCUT2D eigenvalue weighted by atomic mass is 16.5. The lowest BCUT2D eigenvalue weighted by atomic mass is 10.1. The van der Waals surface area contributed by atoms with Crippen molar-refractivity contribution in [1.29, 1.82) is 0 Å². The minimum absolute atomic E-state index is 0.0755. The molecule has 4 nitrogen and oxygen atoms in total. The number of nitrogen functional groups attached to an aromatic ring is 1. The number of carbonyl (C=O) groups is 1. The van der Waals surface area contributed by atoms with Crippen LogP contribution in [0.4, 0.5) is 5.69 Å². The van der Waals surface area contributed by atoms with E-state index in [1.165, 1.54) is 0 Å². The average molecular weight is 250 g/mol. The predicted molar refractivity (Wildman–Crippen MR) is 73.4 cm³/mol. The van der Waals surface area contributed by atoms with Crippen LogP contribution in [-0.2, 0) is 4.79 Å². The van der Waals surface area contributed by atoms with Crippen LogP contribution < -0.4 is 15.8 Å². The first-order valence-corrected chi connectivity index (χ1v) is 6.39. The quantitative estimate of drug-likeness (QED) is 0.576. The van der Waals surface area contributed by atoms with Crippen LogP contribution in [0.1, 0.15) is 26.7 Å². The number of amides is 1. The lowest BCUT2D eigenvalue weighted by molar-refractivity contribution is -0.124. The predicted octanol–water partition coefficient (Wildman–Crippen LogP) is 2.20. The zero-order valence-corrected chi connectivity index (χ0v) is 11.1. The van der Waals surface area contributed by atoms with Gasteiger partial charge in [-0.1, -0.05) is 20.3 Å². The highest BCUT2D eigenvalue weighted by Gasteiger charge is 2.10. The largest absolute Gasteiger partial charge is 0.492 e. The molecule has 0 heterocycles. The standard InChI is InChI=1S/C14H22N2O2/c1-3-4-11(2)14(17)16-9-10-18-13-7-5-12(15)6-8-13/h5-8,11H,3-4,9-10,15H2,1-2H3,(H,16,17). The zero-order valence-electron chi connectivity index (χ0n) is 11.1. The first-order chi connectivity index (χ1) is 8.63. The third-order valence-corrected chi connectivity index (χ3v) is 2.72. The molecule has 0 radical (unpaired) electrons. The van der Waals surface area contributed by atoms with E-state index in [1.54, 1.807) is 12.1 Å². The lowest BCUT2D eigenvalue weighted by Gasteiger charge is -2.11. The Morgan fingerprint density at radius 3 is 2.67 bits per heavy atom. The molecule has 100 valence electrons. The summed E-state index contributed by atoms with van der Waals surface area (Å²) in [6.45, 7) is 5.01. The van der Waals surface area contributed by atoms with E-state index in [-0.39, 0.29) is 11.8 Å². The Labute approximate surface area is 109 Å². The fourth-order valence-corrected chi connectivity index (χ4v) is 1.65. The van der Waals surface area contributed by atoms with E-state index in [9.17, 15) is 4.79 Å². The Kier molecular flexibility index (Phi) is 6.05. The van der Waals surface area contributed by atoms with Crippen molar-refractivity contribution in [2.75, 3.05) is 18.9 Å². The van der Waals surface area contributed by atoms with E-state index in [4.69, 9.17) is 10.5 Å². The molecular weight excluding hydrogens is 228 g/mol. The third kappa shape index (κ3) is 5.08. The van der Waals surface area contributed by atoms with Crippen LogP contribution in [0.2, 0.25) is 0 Å². The molecule has 0 spiro atoms. The number of nitrogens with two attached hydrogens (primary N) is 1. The van der Waals surface area contributed by atoms with Gasteiger partial charge in [-0.2, -0.15) is 0 Å². The molecule has 3 N–H and O–H groups in total. The van der Waals surface area contributed by atoms with Gasteiger partial charge >= 0.3 is 0 Å². The zero-order chi connectivity index (χ0) is 13.4. The molecule has 0 aliphatic carbocycles. The molecule has 0 saturated heterocycles. The first kappa shape index (κ1) is 14.4. The third-order valence-electron chi connectivity index (χ3n) is 2.72. The van der Waals surface area contributed by atoms with Crippen LogP contribution in [0.3, 0.4) is 0 Å². The molecule has 1 amide bonds. The summed E-state index contributed by atoms with van der Waals surface area (Å²) < 4.78 is 5.48. The Morgan fingerprint density at radius 1 is 1.39 bits per heavy atom. The number of rotatable bonds is 7. The molecule has 1 rings (SSSR count).